The van der Waals surface area contributed by atoms with E-state index in [-0.39, 0.29) is 12.0 Å². The molecule has 0 aliphatic carbocycles. The molecular weight excluding hydrogens is 431 g/mol. The molecule has 0 saturated carbocycles. The van der Waals surface area contributed by atoms with Gasteiger partial charge in [0.2, 0.25) is 0 Å². The highest BCUT2D eigenvalue weighted by Gasteiger charge is 2.28. The zero-order valence-corrected chi connectivity index (χ0v) is 16.3. The van der Waals surface area contributed by atoms with Crippen LogP contribution in [-0.2, 0) is 4.74 Å². The lowest BCUT2D eigenvalue weighted by atomic mass is 10.2. The van der Waals surface area contributed by atoms with Crippen molar-refractivity contribution in [3.05, 3.63) is 32.4 Å². The number of ether oxygens (including phenoxy) is 1. The summed E-state index contributed by atoms with van der Waals surface area (Å²) >= 11 is 8.09. The number of carbonyl (C=O) groups excluding carboxylic acids is 2. The number of nitrogens with zero attached hydrogens (tertiary/aromatic N) is 2. The molecule has 0 atom stereocenters. The summed E-state index contributed by atoms with van der Waals surface area (Å²) < 4.78 is 6.20. The molecule has 0 aromatic heterocycles. The molecule has 0 radical (unpaired) electrons. The molecule has 1 fully saturated rings. The molecule has 0 bridgehead atoms. The fraction of sp³-hybridized carbons (Fsp3) is 0.500. The number of benzene rings is 1. The number of piperazine rings is 1. The normalized spacial score (nSPS) is 15.5. The highest BCUT2D eigenvalue weighted by molar-refractivity contribution is 14.1. The standard InChI is InChI=1S/C16H20ClIN2O3/c1-16(2,3)23-15(22)20-8-6-19(7-9-20)14(21)11-4-5-12(17)13(18)10-11/h4-5,10H,6-9H2,1-3H3. The van der Waals surface area contributed by atoms with Crippen LogP contribution in [0.15, 0.2) is 18.2 Å². The largest absolute Gasteiger partial charge is 0.444 e. The Morgan fingerprint density at radius 2 is 1.70 bits per heavy atom. The Balaban J connectivity index is 1.94. The molecule has 1 aromatic rings. The van der Waals surface area contributed by atoms with Gasteiger partial charge in [-0.1, -0.05) is 11.6 Å². The van der Waals surface area contributed by atoms with E-state index in [1.165, 1.54) is 0 Å². The van der Waals surface area contributed by atoms with Gasteiger partial charge in [-0.3, -0.25) is 4.79 Å². The van der Waals surface area contributed by atoms with E-state index in [1.807, 2.05) is 20.8 Å². The molecule has 2 amide bonds. The lowest BCUT2D eigenvalue weighted by Crippen LogP contribution is -2.51. The van der Waals surface area contributed by atoms with Gasteiger partial charge >= 0.3 is 6.09 Å². The highest BCUT2D eigenvalue weighted by Crippen LogP contribution is 2.21. The molecule has 1 heterocycles. The fourth-order valence-corrected chi connectivity index (χ4v) is 2.86. The van der Waals surface area contributed by atoms with Crippen molar-refractivity contribution in [1.82, 2.24) is 9.80 Å². The first-order valence-corrected chi connectivity index (χ1v) is 8.85. The van der Waals surface area contributed by atoms with E-state index in [0.717, 1.165) is 3.57 Å². The zero-order chi connectivity index (χ0) is 17.2. The van der Waals surface area contributed by atoms with Crippen LogP contribution < -0.4 is 0 Å². The third-order valence-corrected chi connectivity index (χ3v) is 4.93. The van der Waals surface area contributed by atoms with Gasteiger partial charge in [0.15, 0.2) is 0 Å². The molecule has 23 heavy (non-hydrogen) atoms. The third kappa shape index (κ3) is 4.97. The van der Waals surface area contributed by atoms with Gasteiger partial charge in [-0.15, -0.1) is 0 Å². The Hall–Kier alpha value is -1.02. The number of hydrogen-bond donors (Lipinski definition) is 0. The van der Waals surface area contributed by atoms with Crippen molar-refractivity contribution in [3.8, 4) is 0 Å². The number of carbonyl (C=O) groups is 2. The van der Waals surface area contributed by atoms with Crippen molar-refractivity contribution in [3.63, 3.8) is 0 Å². The van der Waals surface area contributed by atoms with Gasteiger partial charge in [0.05, 0.1) is 5.02 Å². The van der Waals surface area contributed by atoms with Gasteiger partial charge in [-0.2, -0.15) is 0 Å². The quantitative estimate of drug-likeness (QED) is 0.614. The summed E-state index contributed by atoms with van der Waals surface area (Å²) in [5.41, 5.74) is 0.105. The minimum Gasteiger partial charge on any atom is -0.444 e. The molecule has 7 heteroatoms. The molecule has 0 unspecified atom stereocenters. The van der Waals surface area contributed by atoms with Crippen molar-refractivity contribution in [2.45, 2.75) is 26.4 Å². The van der Waals surface area contributed by atoms with E-state index in [0.29, 0.717) is 36.8 Å². The topological polar surface area (TPSA) is 49.9 Å². The first-order valence-electron chi connectivity index (χ1n) is 7.39. The van der Waals surface area contributed by atoms with Gasteiger partial charge < -0.3 is 14.5 Å². The monoisotopic (exact) mass is 450 g/mol. The summed E-state index contributed by atoms with van der Waals surface area (Å²) in [5.74, 6) is -0.0385. The van der Waals surface area contributed by atoms with Crippen LogP contribution in [0.1, 0.15) is 31.1 Å². The molecule has 126 valence electrons. The second-order valence-corrected chi connectivity index (χ2v) is 7.96. The number of amides is 2. The SMILES string of the molecule is CC(C)(C)OC(=O)N1CCN(C(=O)c2ccc(Cl)c(I)c2)CC1. The summed E-state index contributed by atoms with van der Waals surface area (Å²) in [5, 5.41) is 0.636. The van der Waals surface area contributed by atoms with Crippen molar-refractivity contribution >= 4 is 46.2 Å². The van der Waals surface area contributed by atoms with E-state index in [4.69, 9.17) is 16.3 Å². The second-order valence-electron chi connectivity index (χ2n) is 6.39. The Bertz CT molecular complexity index is 608. The van der Waals surface area contributed by atoms with Crippen LogP contribution in [0.25, 0.3) is 0 Å². The average Bonchev–Trinajstić information content (AvgIpc) is 2.48. The Morgan fingerprint density at radius 1 is 1.13 bits per heavy atom. The maximum Gasteiger partial charge on any atom is 0.410 e. The van der Waals surface area contributed by atoms with E-state index < -0.39 is 5.60 Å². The van der Waals surface area contributed by atoms with Crippen LogP contribution in [-0.4, -0.2) is 53.6 Å². The second kappa shape index (κ2) is 7.25. The molecular formula is C16H20ClIN2O3. The van der Waals surface area contributed by atoms with Crippen LogP contribution in [0, 0.1) is 3.57 Å². The summed E-state index contributed by atoms with van der Waals surface area (Å²) in [4.78, 5) is 27.9. The Labute approximate surface area is 155 Å². The van der Waals surface area contributed by atoms with Crippen molar-refractivity contribution in [1.29, 1.82) is 0 Å². The predicted octanol–water partition coefficient (Wildman–Crippen LogP) is 3.64. The highest BCUT2D eigenvalue weighted by atomic mass is 127. The molecule has 5 nitrogen and oxygen atoms in total. The van der Waals surface area contributed by atoms with E-state index in [9.17, 15) is 9.59 Å². The number of halogens is 2. The smallest absolute Gasteiger partial charge is 0.410 e. The minimum atomic E-state index is -0.510. The van der Waals surface area contributed by atoms with Gasteiger partial charge in [0.1, 0.15) is 5.60 Å². The van der Waals surface area contributed by atoms with Crippen molar-refractivity contribution in [2.75, 3.05) is 26.2 Å². The predicted molar refractivity (Wildman–Crippen MR) is 97.9 cm³/mol. The van der Waals surface area contributed by atoms with E-state index >= 15 is 0 Å². The van der Waals surface area contributed by atoms with Crippen LogP contribution in [0.2, 0.25) is 5.02 Å². The van der Waals surface area contributed by atoms with Crippen LogP contribution >= 0.6 is 34.2 Å². The first-order chi connectivity index (χ1) is 10.7. The summed E-state index contributed by atoms with van der Waals surface area (Å²) in [6, 6.07) is 5.24. The Morgan fingerprint density at radius 3 is 2.22 bits per heavy atom. The van der Waals surface area contributed by atoms with Gasteiger partial charge in [0.25, 0.3) is 5.91 Å². The van der Waals surface area contributed by atoms with Crippen LogP contribution in [0.4, 0.5) is 4.79 Å². The Kier molecular flexibility index (Phi) is 5.78. The number of hydrogen-bond acceptors (Lipinski definition) is 3. The molecule has 1 aromatic carbocycles. The van der Waals surface area contributed by atoms with Crippen molar-refractivity contribution in [2.24, 2.45) is 0 Å². The summed E-state index contributed by atoms with van der Waals surface area (Å²) in [7, 11) is 0. The molecule has 2 rings (SSSR count). The molecule has 0 spiro atoms. The first kappa shape index (κ1) is 18.3. The molecule has 1 aliphatic heterocycles. The van der Waals surface area contributed by atoms with Crippen LogP contribution in [0.3, 0.4) is 0 Å². The molecule has 1 aliphatic rings. The van der Waals surface area contributed by atoms with Gasteiger partial charge in [-0.05, 0) is 61.6 Å². The fourth-order valence-electron chi connectivity index (χ4n) is 2.23. The lowest BCUT2D eigenvalue weighted by Gasteiger charge is -2.35. The minimum absolute atomic E-state index is 0.0385. The van der Waals surface area contributed by atoms with Gasteiger partial charge in [-0.25, -0.2) is 4.79 Å². The van der Waals surface area contributed by atoms with E-state index in [1.54, 1.807) is 28.0 Å². The molecule has 0 N–H and O–H groups in total. The maximum atomic E-state index is 12.5. The number of rotatable bonds is 1. The lowest BCUT2D eigenvalue weighted by molar-refractivity contribution is 0.0141. The summed E-state index contributed by atoms with van der Waals surface area (Å²) in [6.45, 7) is 7.47. The third-order valence-electron chi connectivity index (χ3n) is 3.39. The average molecular weight is 451 g/mol. The zero-order valence-electron chi connectivity index (χ0n) is 13.4. The maximum absolute atomic E-state index is 12.5. The van der Waals surface area contributed by atoms with Gasteiger partial charge in [0, 0.05) is 35.3 Å². The van der Waals surface area contributed by atoms with Crippen molar-refractivity contribution < 1.29 is 14.3 Å². The molecule has 1 saturated heterocycles. The van der Waals surface area contributed by atoms with E-state index in [2.05, 4.69) is 22.6 Å². The van der Waals surface area contributed by atoms with Crippen LogP contribution in [0.5, 0.6) is 0 Å². The summed E-state index contributed by atoms with van der Waals surface area (Å²) in [6.07, 6.45) is -0.328.